The molecular formula is C19H22N6. The number of rotatable bonds is 4. The zero-order valence-corrected chi connectivity index (χ0v) is 14.2. The summed E-state index contributed by atoms with van der Waals surface area (Å²) in [5, 5.41) is 16.5. The molecule has 0 atom stereocenters. The molecule has 128 valence electrons. The zero-order valence-electron chi connectivity index (χ0n) is 14.2. The first-order valence-corrected chi connectivity index (χ1v) is 9.12. The van der Waals surface area contributed by atoms with Gasteiger partial charge < -0.3 is 0 Å². The molecule has 1 fully saturated rings. The fourth-order valence-corrected chi connectivity index (χ4v) is 3.83. The largest absolute Gasteiger partial charge is 0.293 e. The summed E-state index contributed by atoms with van der Waals surface area (Å²) in [5.41, 5.74) is 6.15. The van der Waals surface area contributed by atoms with Gasteiger partial charge in [-0.25, -0.2) is 4.68 Å². The SMILES string of the molecule is c1ccc(-n2cc(CN3CCc4[nH]nc(C5CCC5)c4C3)nn2)cc1. The molecular weight excluding hydrogens is 312 g/mol. The summed E-state index contributed by atoms with van der Waals surface area (Å²) >= 11 is 0. The highest BCUT2D eigenvalue weighted by Gasteiger charge is 2.29. The van der Waals surface area contributed by atoms with E-state index in [0.29, 0.717) is 5.92 Å². The number of hydrogen-bond donors (Lipinski definition) is 1. The van der Waals surface area contributed by atoms with Crippen LogP contribution in [0.2, 0.25) is 0 Å². The first kappa shape index (κ1) is 14.8. The van der Waals surface area contributed by atoms with E-state index >= 15 is 0 Å². The molecule has 6 nitrogen and oxygen atoms in total. The lowest BCUT2D eigenvalue weighted by atomic mass is 9.81. The standard InChI is InChI=1S/C19H22N6/c1-2-7-16(8-3-1)25-12-15(20-23-25)11-24-10-9-18-17(13-24)19(22-21-18)14-5-4-6-14/h1-3,7-8,12,14H,4-6,9-11,13H2,(H,21,22). The van der Waals surface area contributed by atoms with Gasteiger partial charge in [-0.2, -0.15) is 5.10 Å². The third-order valence-electron chi connectivity index (χ3n) is 5.48. The van der Waals surface area contributed by atoms with Crippen LogP contribution in [0.5, 0.6) is 0 Å². The molecule has 1 N–H and O–H groups in total. The quantitative estimate of drug-likeness (QED) is 0.797. The number of fused-ring (bicyclic) bond motifs is 1. The van der Waals surface area contributed by atoms with Gasteiger partial charge in [-0.1, -0.05) is 29.8 Å². The van der Waals surface area contributed by atoms with Crippen molar-refractivity contribution >= 4 is 0 Å². The van der Waals surface area contributed by atoms with Gasteiger partial charge in [0, 0.05) is 43.2 Å². The van der Waals surface area contributed by atoms with E-state index < -0.39 is 0 Å². The Hall–Kier alpha value is -2.47. The van der Waals surface area contributed by atoms with Crippen molar-refractivity contribution in [1.29, 1.82) is 0 Å². The molecule has 0 unspecified atom stereocenters. The van der Waals surface area contributed by atoms with Crippen LogP contribution in [0.4, 0.5) is 0 Å². The molecule has 0 spiro atoms. The molecule has 1 aliphatic heterocycles. The summed E-state index contributed by atoms with van der Waals surface area (Å²) in [4.78, 5) is 2.46. The van der Waals surface area contributed by atoms with E-state index in [2.05, 4.69) is 25.4 Å². The number of nitrogens with one attached hydrogen (secondary N) is 1. The minimum Gasteiger partial charge on any atom is -0.293 e. The molecule has 2 aliphatic rings. The van der Waals surface area contributed by atoms with Gasteiger partial charge in [0.1, 0.15) is 0 Å². The highest BCUT2D eigenvalue weighted by Crippen LogP contribution is 2.38. The predicted octanol–water partition coefficient (Wildman–Crippen LogP) is 2.82. The molecule has 5 rings (SSSR count). The van der Waals surface area contributed by atoms with E-state index in [4.69, 9.17) is 0 Å². The molecule has 25 heavy (non-hydrogen) atoms. The van der Waals surface area contributed by atoms with Crippen molar-refractivity contribution in [1.82, 2.24) is 30.1 Å². The number of aromatic amines is 1. The van der Waals surface area contributed by atoms with Crippen LogP contribution in [-0.2, 0) is 19.5 Å². The fraction of sp³-hybridized carbons (Fsp3) is 0.421. The average Bonchev–Trinajstić information content (AvgIpc) is 3.22. The van der Waals surface area contributed by atoms with Crippen molar-refractivity contribution in [3.05, 3.63) is 59.2 Å². The molecule has 0 bridgehead atoms. The van der Waals surface area contributed by atoms with Crippen molar-refractivity contribution < 1.29 is 0 Å². The van der Waals surface area contributed by atoms with Crippen LogP contribution in [0.25, 0.3) is 5.69 Å². The van der Waals surface area contributed by atoms with Crippen LogP contribution in [0.1, 0.15) is 47.8 Å². The van der Waals surface area contributed by atoms with Crippen molar-refractivity contribution in [2.45, 2.75) is 44.7 Å². The maximum Gasteiger partial charge on any atom is 0.0971 e. The molecule has 2 aromatic heterocycles. The second kappa shape index (κ2) is 6.11. The summed E-state index contributed by atoms with van der Waals surface area (Å²) in [7, 11) is 0. The Morgan fingerprint density at radius 1 is 1.16 bits per heavy atom. The van der Waals surface area contributed by atoms with Crippen molar-refractivity contribution in [3.63, 3.8) is 0 Å². The first-order valence-electron chi connectivity index (χ1n) is 9.12. The molecule has 1 aromatic carbocycles. The van der Waals surface area contributed by atoms with Crippen molar-refractivity contribution in [2.24, 2.45) is 0 Å². The van der Waals surface area contributed by atoms with Crippen molar-refractivity contribution in [3.8, 4) is 5.69 Å². The minimum absolute atomic E-state index is 0.680. The molecule has 6 heteroatoms. The normalized spacial score (nSPS) is 18.1. The van der Waals surface area contributed by atoms with E-state index in [1.54, 1.807) is 0 Å². The minimum atomic E-state index is 0.680. The Morgan fingerprint density at radius 3 is 2.84 bits per heavy atom. The zero-order chi connectivity index (χ0) is 16.6. The molecule has 0 saturated heterocycles. The summed E-state index contributed by atoms with van der Waals surface area (Å²) < 4.78 is 1.85. The topological polar surface area (TPSA) is 62.6 Å². The highest BCUT2D eigenvalue weighted by molar-refractivity contribution is 5.32. The maximum absolute atomic E-state index is 4.62. The molecule has 0 amide bonds. The van der Waals surface area contributed by atoms with Crippen LogP contribution < -0.4 is 0 Å². The third-order valence-corrected chi connectivity index (χ3v) is 5.48. The Morgan fingerprint density at radius 2 is 2.04 bits per heavy atom. The Balaban J connectivity index is 1.31. The van der Waals surface area contributed by atoms with Crippen LogP contribution in [-0.4, -0.2) is 36.6 Å². The van der Waals surface area contributed by atoms with Gasteiger partial charge in [0.15, 0.2) is 0 Å². The summed E-state index contributed by atoms with van der Waals surface area (Å²) in [6, 6.07) is 10.1. The summed E-state index contributed by atoms with van der Waals surface area (Å²) in [6.45, 7) is 2.84. The summed E-state index contributed by atoms with van der Waals surface area (Å²) in [6.07, 6.45) is 7.01. The van der Waals surface area contributed by atoms with Gasteiger partial charge in [-0.3, -0.25) is 10.00 Å². The second-order valence-electron chi connectivity index (χ2n) is 7.14. The summed E-state index contributed by atoms with van der Waals surface area (Å²) in [5.74, 6) is 0.680. The first-order chi connectivity index (χ1) is 12.4. The number of nitrogens with zero attached hydrogens (tertiary/aromatic N) is 5. The molecule has 3 aromatic rings. The van der Waals surface area contributed by atoms with Crippen LogP contribution in [0, 0.1) is 0 Å². The van der Waals surface area contributed by atoms with Gasteiger partial charge in [-0.15, -0.1) is 5.10 Å². The maximum atomic E-state index is 4.62. The molecule has 1 aliphatic carbocycles. The molecule has 1 saturated carbocycles. The smallest absolute Gasteiger partial charge is 0.0971 e. The molecule has 0 radical (unpaired) electrons. The lowest BCUT2D eigenvalue weighted by molar-refractivity contribution is 0.239. The number of aromatic nitrogens is 5. The van der Waals surface area contributed by atoms with Gasteiger partial charge in [0.05, 0.1) is 23.3 Å². The van der Waals surface area contributed by atoms with Crippen LogP contribution >= 0.6 is 0 Å². The van der Waals surface area contributed by atoms with E-state index in [0.717, 1.165) is 37.4 Å². The van der Waals surface area contributed by atoms with Gasteiger partial charge in [-0.05, 0) is 25.0 Å². The predicted molar refractivity (Wildman–Crippen MR) is 94.4 cm³/mol. The third kappa shape index (κ3) is 2.76. The van der Waals surface area contributed by atoms with Crippen molar-refractivity contribution in [2.75, 3.05) is 6.54 Å². The van der Waals surface area contributed by atoms with Crippen LogP contribution in [0.15, 0.2) is 36.5 Å². The van der Waals surface area contributed by atoms with E-state index in [-0.39, 0.29) is 0 Å². The molecule has 3 heterocycles. The number of H-pyrrole nitrogens is 1. The average molecular weight is 334 g/mol. The lowest BCUT2D eigenvalue weighted by Gasteiger charge is -2.29. The van der Waals surface area contributed by atoms with E-state index in [1.807, 2.05) is 41.2 Å². The van der Waals surface area contributed by atoms with Crippen LogP contribution in [0.3, 0.4) is 0 Å². The van der Waals surface area contributed by atoms with E-state index in [9.17, 15) is 0 Å². The number of para-hydroxylation sites is 1. The van der Waals surface area contributed by atoms with Gasteiger partial charge in [0.25, 0.3) is 0 Å². The number of benzene rings is 1. The fourth-order valence-electron chi connectivity index (χ4n) is 3.83. The van der Waals surface area contributed by atoms with Gasteiger partial charge >= 0.3 is 0 Å². The Labute approximate surface area is 146 Å². The lowest BCUT2D eigenvalue weighted by Crippen LogP contribution is -2.30. The highest BCUT2D eigenvalue weighted by atomic mass is 15.4. The number of hydrogen-bond acceptors (Lipinski definition) is 4. The van der Waals surface area contributed by atoms with E-state index in [1.165, 1.54) is 36.2 Å². The monoisotopic (exact) mass is 334 g/mol. The Bertz CT molecular complexity index is 861. The Kier molecular flexibility index (Phi) is 3.63. The van der Waals surface area contributed by atoms with Gasteiger partial charge in [0.2, 0.25) is 0 Å². The second-order valence-corrected chi connectivity index (χ2v) is 7.14.